The molecule has 3 aromatic rings. The minimum atomic E-state index is -1.23. The first-order valence-corrected chi connectivity index (χ1v) is 11.2. The molecule has 0 fully saturated rings. The molecule has 0 bridgehead atoms. The Kier molecular flexibility index (Phi) is 7.76. The van der Waals surface area contributed by atoms with E-state index in [4.69, 9.17) is 16.3 Å². The van der Waals surface area contributed by atoms with E-state index in [1.54, 1.807) is 28.8 Å². The Labute approximate surface area is 196 Å². The number of pyridine rings is 1. The molecule has 1 heterocycles. The van der Waals surface area contributed by atoms with Gasteiger partial charge in [0.15, 0.2) is 5.43 Å². The van der Waals surface area contributed by atoms with Crippen LogP contribution in [0.2, 0.25) is 5.02 Å². The lowest BCUT2D eigenvalue weighted by Crippen LogP contribution is -2.23. The summed E-state index contributed by atoms with van der Waals surface area (Å²) in [4.78, 5) is 24.9. The van der Waals surface area contributed by atoms with Gasteiger partial charge in [0.25, 0.3) is 0 Å². The number of aliphatic hydroxyl groups excluding tert-OH is 1. The van der Waals surface area contributed by atoms with E-state index < -0.39 is 17.2 Å². The van der Waals surface area contributed by atoms with Gasteiger partial charge in [-0.15, -0.1) is 0 Å². The predicted molar refractivity (Wildman–Crippen MR) is 126 cm³/mol. The van der Waals surface area contributed by atoms with Gasteiger partial charge in [-0.25, -0.2) is 9.18 Å². The number of aliphatic hydroxyl groups is 1. The van der Waals surface area contributed by atoms with Gasteiger partial charge in [0.05, 0.1) is 16.6 Å². The molecule has 1 aromatic heterocycles. The molecule has 33 heavy (non-hydrogen) atoms. The fourth-order valence-corrected chi connectivity index (χ4v) is 4.22. The summed E-state index contributed by atoms with van der Waals surface area (Å²) in [5, 5.41) is 19.6. The maximum absolute atomic E-state index is 14.6. The number of carboxylic acids is 1. The number of hydrogen-bond acceptors (Lipinski definition) is 4. The van der Waals surface area contributed by atoms with E-state index >= 15 is 0 Å². The molecule has 3 rings (SSSR count). The van der Waals surface area contributed by atoms with E-state index in [9.17, 15) is 24.2 Å². The zero-order valence-electron chi connectivity index (χ0n) is 18.8. The van der Waals surface area contributed by atoms with Crippen molar-refractivity contribution in [3.63, 3.8) is 0 Å². The van der Waals surface area contributed by atoms with Crippen LogP contribution in [0.5, 0.6) is 5.75 Å². The van der Waals surface area contributed by atoms with Gasteiger partial charge >= 0.3 is 5.97 Å². The van der Waals surface area contributed by atoms with Crippen molar-refractivity contribution in [2.45, 2.75) is 52.2 Å². The van der Waals surface area contributed by atoms with Crippen molar-refractivity contribution in [3.8, 4) is 5.75 Å². The number of carbonyl (C=O) groups is 1. The largest absolute Gasteiger partial charge is 0.491 e. The van der Waals surface area contributed by atoms with E-state index in [0.29, 0.717) is 40.6 Å². The van der Waals surface area contributed by atoms with Crippen molar-refractivity contribution in [3.05, 3.63) is 74.3 Å². The Morgan fingerprint density at radius 3 is 2.55 bits per heavy atom. The Morgan fingerprint density at radius 2 is 1.94 bits per heavy atom. The van der Waals surface area contributed by atoms with Crippen molar-refractivity contribution in [1.29, 1.82) is 0 Å². The van der Waals surface area contributed by atoms with Crippen LogP contribution in [0.15, 0.2) is 41.2 Å². The number of benzene rings is 2. The first-order valence-electron chi connectivity index (χ1n) is 10.8. The van der Waals surface area contributed by atoms with Crippen LogP contribution in [0, 0.1) is 5.82 Å². The molecule has 0 aliphatic heterocycles. The van der Waals surface area contributed by atoms with Gasteiger partial charge in [-0.05, 0) is 49.9 Å². The summed E-state index contributed by atoms with van der Waals surface area (Å²) in [6, 6.07) is 8.75. The van der Waals surface area contributed by atoms with Gasteiger partial charge in [-0.2, -0.15) is 0 Å². The van der Waals surface area contributed by atoms with Gasteiger partial charge in [0.2, 0.25) is 0 Å². The number of aromatic nitrogens is 1. The van der Waals surface area contributed by atoms with Crippen LogP contribution in [-0.4, -0.2) is 33.5 Å². The Hall–Kier alpha value is -2.90. The molecular weight excluding hydrogens is 449 g/mol. The van der Waals surface area contributed by atoms with Crippen LogP contribution in [0.1, 0.15) is 61.3 Å². The Balaban J connectivity index is 2.33. The summed E-state index contributed by atoms with van der Waals surface area (Å²) in [7, 11) is 0. The molecule has 1 unspecified atom stereocenters. The fraction of sp³-hybridized carbons (Fsp3) is 0.360. The van der Waals surface area contributed by atoms with Crippen LogP contribution in [-0.2, 0) is 6.42 Å². The highest BCUT2D eigenvalue weighted by Crippen LogP contribution is 2.32. The number of carboxylic acid groups (broad SMARTS) is 1. The molecule has 0 saturated heterocycles. The van der Waals surface area contributed by atoms with Crippen LogP contribution < -0.4 is 10.2 Å². The third-order valence-corrected chi connectivity index (χ3v) is 5.82. The molecule has 6 nitrogen and oxygen atoms in total. The topological polar surface area (TPSA) is 88.8 Å². The van der Waals surface area contributed by atoms with Crippen LogP contribution in [0.25, 0.3) is 10.9 Å². The third kappa shape index (κ3) is 5.20. The second kappa shape index (κ2) is 10.4. The summed E-state index contributed by atoms with van der Waals surface area (Å²) >= 11 is 5.94. The maximum Gasteiger partial charge on any atom is 0.352 e. The van der Waals surface area contributed by atoms with Crippen molar-refractivity contribution < 1.29 is 24.1 Å². The van der Waals surface area contributed by atoms with Crippen LogP contribution >= 0.6 is 11.6 Å². The molecule has 0 radical (unpaired) electrons. The highest BCUT2D eigenvalue weighted by atomic mass is 35.5. The summed E-state index contributed by atoms with van der Waals surface area (Å²) in [5.74, 6) is -1.35. The summed E-state index contributed by atoms with van der Waals surface area (Å²) in [6.07, 6.45) is 0.796. The number of rotatable bonds is 9. The van der Waals surface area contributed by atoms with Gasteiger partial charge < -0.3 is 19.5 Å². The molecule has 0 saturated carbocycles. The molecule has 2 aromatic carbocycles. The quantitative estimate of drug-likeness (QED) is 0.444. The molecular formula is C25H27ClFNO5. The average Bonchev–Trinajstić information content (AvgIpc) is 2.75. The number of hydrogen-bond donors (Lipinski definition) is 2. The van der Waals surface area contributed by atoms with Gasteiger partial charge in [-0.3, -0.25) is 4.79 Å². The lowest BCUT2D eigenvalue weighted by atomic mass is 9.99. The third-order valence-electron chi connectivity index (χ3n) is 5.52. The van der Waals surface area contributed by atoms with Gasteiger partial charge in [0.1, 0.15) is 17.3 Å². The second-order valence-corrected chi connectivity index (χ2v) is 8.58. The zero-order chi connectivity index (χ0) is 24.3. The zero-order valence-corrected chi connectivity index (χ0v) is 19.5. The highest BCUT2D eigenvalue weighted by Gasteiger charge is 2.22. The van der Waals surface area contributed by atoms with E-state index in [1.807, 2.05) is 20.8 Å². The standard InChI is InChI=1S/C25H27ClFNO5/c1-4-17(8-9-29)28-20-13-23(33-14(2)3)16(10-15-6-5-7-19(26)24(15)27)11-18(20)22(30)12-21(28)25(31)32/h5-7,11-14,17,29H,4,8-10H2,1-3H3,(H,31,32). The normalized spacial score (nSPS) is 12.3. The smallest absolute Gasteiger partial charge is 0.352 e. The van der Waals surface area contributed by atoms with Gasteiger partial charge in [0, 0.05) is 36.6 Å². The lowest BCUT2D eigenvalue weighted by molar-refractivity contribution is 0.0680. The number of nitrogens with zero attached hydrogens (tertiary/aromatic N) is 1. The summed E-state index contributed by atoms with van der Waals surface area (Å²) in [5.41, 5.74) is 0.716. The van der Waals surface area contributed by atoms with Crippen LogP contribution in [0.3, 0.4) is 0 Å². The summed E-state index contributed by atoms with van der Waals surface area (Å²) < 4.78 is 22.2. The molecule has 0 amide bonds. The minimum Gasteiger partial charge on any atom is -0.491 e. The molecule has 0 spiro atoms. The first-order chi connectivity index (χ1) is 15.7. The minimum absolute atomic E-state index is 0.00265. The van der Waals surface area contributed by atoms with E-state index in [0.717, 1.165) is 6.07 Å². The number of aromatic carboxylic acids is 1. The first kappa shape index (κ1) is 24.7. The molecule has 0 aliphatic rings. The molecule has 8 heteroatoms. The van der Waals surface area contributed by atoms with Gasteiger partial charge in [-0.1, -0.05) is 30.7 Å². The number of ether oxygens (including phenoxy) is 1. The molecule has 2 N–H and O–H groups in total. The monoisotopic (exact) mass is 475 g/mol. The van der Waals surface area contributed by atoms with Crippen LogP contribution in [0.4, 0.5) is 4.39 Å². The maximum atomic E-state index is 14.6. The predicted octanol–water partition coefficient (Wildman–Crippen LogP) is 5.20. The Morgan fingerprint density at radius 1 is 1.21 bits per heavy atom. The van der Waals surface area contributed by atoms with E-state index in [1.165, 1.54) is 6.07 Å². The number of halogens is 2. The van der Waals surface area contributed by atoms with E-state index in [-0.39, 0.29) is 35.9 Å². The summed E-state index contributed by atoms with van der Waals surface area (Å²) in [6.45, 7) is 5.44. The van der Waals surface area contributed by atoms with E-state index in [2.05, 4.69) is 0 Å². The lowest BCUT2D eigenvalue weighted by Gasteiger charge is -2.25. The molecule has 176 valence electrons. The molecule has 1 atom stereocenters. The molecule has 0 aliphatic carbocycles. The van der Waals surface area contributed by atoms with Crippen molar-refractivity contribution >= 4 is 28.5 Å². The van der Waals surface area contributed by atoms with Crippen molar-refractivity contribution in [1.82, 2.24) is 4.57 Å². The SMILES string of the molecule is CCC(CCO)n1c(C(=O)O)cc(=O)c2cc(Cc3cccc(Cl)c3F)c(OC(C)C)cc21. The average molecular weight is 476 g/mol. The second-order valence-electron chi connectivity index (χ2n) is 8.18. The Bertz CT molecular complexity index is 1240. The number of fused-ring (bicyclic) bond motifs is 1. The highest BCUT2D eigenvalue weighted by molar-refractivity contribution is 6.30. The fourth-order valence-electron chi connectivity index (χ4n) is 4.03. The van der Waals surface area contributed by atoms with Crippen molar-refractivity contribution in [2.24, 2.45) is 0 Å². The van der Waals surface area contributed by atoms with Crippen molar-refractivity contribution in [2.75, 3.05) is 6.61 Å².